The summed E-state index contributed by atoms with van der Waals surface area (Å²) in [5, 5.41) is 0. The zero-order valence-electron chi connectivity index (χ0n) is 18.0. The molecule has 7 heteroatoms. The van der Waals surface area contributed by atoms with Crippen molar-refractivity contribution in [2.24, 2.45) is 0 Å². The summed E-state index contributed by atoms with van der Waals surface area (Å²) in [6.45, 7) is 4.24. The molecule has 0 bridgehead atoms. The summed E-state index contributed by atoms with van der Waals surface area (Å²) >= 11 is 2.35. The van der Waals surface area contributed by atoms with Gasteiger partial charge in [0.15, 0.2) is 21.3 Å². The number of hydrogen-bond donors (Lipinski definition) is 0. The third-order valence-corrected chi connectivity index (χ3v) is 9.57. The Hall–Kier alpha value is -1.32. The Bertz CT molecular complexity index is 980. The first-order chi connectivity index (χ1) is 14.3. The second-order valence-corrected chi connectivity index (χ2v) is 10.8. The lowest BCUT2D eigenvalue weighted by Crippen LogP contribution is -2.48. The number of rotatable bonds is 7. The number of methoxy groups -OCH3 is 2. The van der Waals surface area contributed by atoms with Crippen molar-refractivity contribution in [2.75, 3.05) is 20.0 Å². The Morgan fingerprint density at radius 1 is 1.10 bits per heavy atom. The van der Waals surface area contributed by atoms with Crippen molar-refractivity contribution in [1.82, 2.24) is 3.11 Å². The molecule has 1 aliphatic heterocycles. The minimum absolute atomic E-state index is 0.0885. The highest BCUT2D eigenvalue weighted by atomic mass is 127. The van der Waals surface area contributed by atoms with E-state index in [1.54, 1.807) is 13.2 Å². The van der Waals surface area contributed by atoms with Crippen LogP contribution in [-0.4, -0.2) is 37.0 Å². The molecule has 5 nitrogen and oxygen atoms in total. The molecule has 0 fully saturated rings. The standard InChI is InChI=1S/C23H30INO4S/c1-5-7-13-23(6-2)16-30(26,27)21-15-20(29-4)19(28-3)14-18(21)22(25(23)24)17-11-9-8-10-12-17/h8-12,14-15,22H,5-7,13,16H2,1-4H3/t22-,23-/m1/s1. The highest BCUT2D eigenvalue weighted by Gasteiger charge is 2.47. The van der Waals surface area contributed by atoms with Gasteiger partial charge in [0.25, 0.3) is 0 Å². The van der Waals surface area contributed by atoms with Gasteiger partial charge in [0, 0.05) is 34.5 Å². The molecule has 1 heterocycles. The van der Waals surface area contributed by atoms with Gasteiger partial charge in [-0.25, -0.2) is 11.5 Å². The molecule has 0 saturated heterocycles. The number of unbranched alkanes of at least 4 members (excludes halogenated alkanes) is 1. The van der Waals surface area contributed by atoms with E-state index in [4.69, 9.17) is 9.47 Å². The molecule has 0 radical (unpaired) electrons. The molecule has 0 aromatic heterocycles. The summed E-state index contributed by atoms with van der Waals surface area (Å²) < 4.78 is 40.6. The SMILES string of the molecule is CCCC[C@]1(CC)CS(=O)(=O)c2cc(OC)c(OC)cc2[C@@H](c2ccccc2)N1I. The Labute approximate surface area is 194 Å². The Morgan fingerprint density at radius 2 is 1.73 bits per heavy atom. The van der Waals surface area contributed by atoms with Crippen LogP contribution in [0.25, 0.3) is 0 Å². The predicted octanol–water partition coefficient (Wildman–Crippen LogP) is 5.57. The number of ether oxygens (including phenoxy) is 2. The minimum atomic E-state index is -3.54. The second-order valence-electron chi connectivity index (χ2n) is 7.81. The van der Waals surface area contributed by atoms with Crippen LogP contribution in [0.3, 0.4) is 0 Å². The molecular weight excluding hydrogens is 513 g/mol. The van der Waals surface area contributed by atoms with E-state index in [9.17, 15) is 8.42 Å². The average molecular weight is 543 g/mol. The number of fused-ring (bicyclic) bond motifs is 1. The molecule has 0 amide bonds. The molecule has 164 valence electrons. The van der Waals surface area contributed by atoms with Crippen molar-refractivity contribution in [3.05, 3.63) is 53.6 Å². The fourth-order valence-corrected chi connectivity index (χ4v) is 8.08. The predicted molar refractivity (Wildman–Crippen MR) is 128 cm³/mol. The number of nitrogens with zero attached hydrogens (tertiary/aromatic N) is 1. The zero-order chi connectivity index (χ0) is 21.9. The van der Waals surface area contributed by atoms with Crippen molar-refractivity contribution < 1.29 is 17.9 Å². The van der Waals surface area contributed by atoms with E-state index in [-0.39, 0.29) is 11.8 Å². The van der Waals surface area contributed by atoms with Gasteiger partial charge in [-0.15, -0.1) is 0 Å². The van der Waals surface area contributed by atoms with Gasteiger partial charge >= 0.3 is 0 Å². The van der Waals surface area contributed by atoms with E-state index in [1.807, 2.05) is 24.3 Å². The van der Waals surface area contributed by atoms with Crippen LogP contribution in [0.4, 0.5) is 0 Å². The average Bonchev–Trinajstić information content (AvgIpc) is 2.83. The van der Waals surface area contributed by atoms with Gasteiger partial charge < -0.3 is 9.47 Å². The van der Waals surface area contributed by atoms with Crippen LogP contribution >= 0.6 is 22.9 Å². The maximum atomic E-state index is 13.7. The van der Waals surface area contributed by atoms with Gasteiger partial charge in [0.2, 0.25) is 0 Å². The molecule has 2 atom stereocenters. The molecule has 2 aromatic rings. The van der Waals surface area contributed by atoms with Gasteiger partial charge in [-0.2, -0.15) is 0 Å². The molecule has 3 rings (SSSR count). The van der Waals surface area contributed by atoms with E-state index in [0.29, 0.717) is 16.4 Å². The smallest absolute Gasteiger partial charge is 0.180 e. The molecule has 0 spiro atoms. The fraction of sp³-hybridized carbons (Fsp3) is 0.478. The van der Waals surface area contributed by atoms with Crippen molar-refractivity contribution in [3.8, 4) is 11.5 Å². The molecule has 0 saturated carbocycles. The molecule has 0 unspecified atom stereocenters. The Balaban J connectivity index is 2.34. The van der Waals surface area contributed by atoms with Gasteiger partial charge in [-0.1, -0.05) is 57.0 Å². The van der Waals surface area contributed by atoms with E-state index < -0.39 is 15.4 Å². The first-order valence-electron chi connectivity index (χ1n) is 10.3. The summed E-state index contributed by atoms with van der Waals surface area (Å²) in [6.07, 6.45) is 3.58. The number of benzene rings is 2. The van der Waals surface area contributed by atoms with Crippen LogP contribution in [0.15, 0.2) is 47.4 Å². The summed E-state index contributed by atoms with van der Waals surface area (Å²) in [7, 11) is -0.434. The first kappa shape index (κ1) is 23.3. The van der Waals surface area contributed by atoms with Crippen LogP contribution in [-0.2, 0) is 9.84 Å². The van der Waals surface area contributed by atoms with E-state index in [1.165, 1.54) is 7.11 Å². The van der Waals surface area contributed by atoms with Gasteiger partial charge in [-0.05, 0) is 30.0 Å². The lowest BCUT2D eigenvalue weighted by Gasteiger charge is -2.42. The maximum Gasteiger partial charge on any atom is 0.180 e. The number of sulfone groups is 1. The second kappa shape index (κ2) is 9.44. The first-order valence-corrected chi connectivity index (χ1v) is 12.9. The molecular formula is C23H30INO4S. The van der Waals surface area contributed by atoms with Crippen LogP contribution < -0.4 is 9.47 Å². The van der Waals surface area contributed by atoms with Crippen LogP contribution in [0.2, 0.25) is 0 Å². The van der Waals surface area contributed by atoms with Crippen molar-refractivity contribution in [3.63, 3.8) is 0 Å². The Kier molecular flexibility index (Phi) is 7.35. The van der Waals surface area contributed by atoms with Crippen LogP contribution in [0.1, 0.15) is 56.7 Å². The number of hydrogen-bond acceptors (Lipinski definition) is 5. The number of halogens is 1. The lowest BCUT2D eigenvalue weighted by atomic mass is 9.88. The maximum absolute atomic E-state index is 13.7. The molecule has 0 aliphatic carbocycles. The minimum Gasteiger partial charge on any atom is -0.493 e. The largest absolute Gasteiger partial charge is 0.493 e. The van der Waals surface area contributed by atoms with Crippen LogP contribution in [0.5, 0.6) is 11.5 Å². The van der Waals surface area contributed by atoms with E-state index in [0.717, 1.165) is 36.8 Å². The summed E-state index contributed by atoms with van der Waals surface area (Å²) in [5.74, 6) is 1.06. The van der Waals surface area contributed by atoms with Gasteiger partial charge in [-0.3, -0.25) is 0 Å². The van der Waals surface area contributed by atoms with Crippen molar-refractivity contribution in [2.45, 2.75) is 56.0 Å². The van der Waals surface area contributed by atoms with Gasteiger partial charge in [0.1, 0.15) is 0 Å². The molecule has 30 heavy (non-hydrogen) atoms. The highest BCUT2D eigenvalue weighted by molar-refractivity contribution is 14.1. The zero-order valence-corrected chi connectivity index (χ0v) is 21.0. The van der Waals surface area contributed by atoms with E-state index in [2.05, 4.69) is 52.0 Å². The quantitative estimate of drug-likeness (QED) is 0.338. The lowest BCUT2D eigenvalue weighted by molar-refractivity contribution is 0.194. The van der Waals surface area contributed by atoms with Crippen LogP contribution in [0, 0.1) is 0 Å². The topological polar surface area (TPSA) is 55.8 Å². The van der Waals surface area contributed by atoms with Gasteiger partial charge in [0.05, 0.1) is 30.9 Å². The normalized spacial score (nSPS) is 23.4. The summed E-state index contributed by atoms with van der Waals surface area (Å²) in [5.41, 5.74) is 1.34. The molecule has 2 aromatic carbocycles. The highest BCUT2D eigenvalue weighted by Crippen LogP contribution is 2.49. The van der Waals surface area contributed by atoms with Crippen molar-refractivity contribution in [1.29, 1.82) is 0 Å². The summed E-state index contributed by atoms with van der Waals surface area (Å²) in [6, 6.07) is 13.4. The third-order valence-electron chi connectivity index (χ3n) is 6.05. The molecule has 1 aliphatic rings. The Morgan fingerprint density at radius 3 is 2.30 bits per heavy atom. The van der Waals surface area contributed by atoms with E-state index >= 15 is 0 Å². The fourth-order valence-electron chi connectivity index (χ4n) is 4.31. The monoisotopic (exact) mass is 543 g/mol. The molecule has 0 N–H and O–H groups in total. The third kappa shape index (κ3) is 4.21. The summed E-state index contributed by atoms with van der Waals surface area (Å²) in [4.78, 5) is 0.336. The van der Waals surface area contributed by atoms with Crippen molar-refractivity contribution >= 4 is 32.7 Å².